The van der Waals surface area contributed by atoms with Gasteiger partial charge in [0.05, 0.1) is 10.6 Å². The van der Waals surface area contributed by atoms with E-state index in [2.05, 4.69) is 0 Å². The molecule has 0 aromatic heterocycles. The number of carbonyl (C=O) groups excluding carboxylic acids is 1. The van der Waals surface area contributed by atoms with Gasteiger partial charge in [-0.25, -0.2) is 0 Å². The van der Waals surface area contributed by atoms with Gasteiger partial charge in [0.25, 0.3) is 5.91 Å². The number of piperidine rings is 1. The monoisotopic (exact) mass is 295 g/mol. The Morgan fingerprint density at radius 2 is 1.63 bits per heavy atom. The summed E-state index contributed by atoms with van der Waals surface area (Å²) in [5.74, 6) is 0.0153. The molecule has 1 aliphatic carbocycles. The SMILES string of the molecule is O=C(c1ccc(Cl)cc1Cl)N1CCC(=C2CC2)CC1. The van der Waals surface area contributed by atoms with Gasteiger partial charge in [0.1, 0.15) is 0 Å². The number of allylic oxidation sites excluding steroid dienone is 1. The van der Waals surface area contributed by atoms with Crippen LogP contribution in [-0.4, -0.2) is 23.9 Å². The smallest absolute Gasteiger partial charge is 0.255 e. The van der Waals surface area contributed by atoms with Crippen molar-refractivity contribution in [2.75, 3.05) is 13.1 Å². The Balaban J connectivity index is 1.72. The third-order valence-electron chi connectivity index (χ3n) is 3.82. The molecule has 1 saturated heterocycles. The van der Waals surface area contributed by atoms with Crippen molar-refractivity contribution in [1.82, 2.24) is 4.90 Å². The molecule has 4 heteroatoms. The maximum Gasteiger partial charge on any atom is 0.255 e. The first-order valence-electron chi connectivity index (χ1n) is 6.59. The average Bonchev–Trinajstić information content (AvgIpc) is 3.22. The molecule has 3 rings (SSSR count). The lowest BCUT2D eigenvalue weighted by atomic mass is 10.0. The molecule has 100 valence electrons. The van der Waals surface area contributed by atoms with E-state index in [1.807, 2.05) is 4.90 Å². The fourth-order valence-corrected chi connectivity index (χ4v) is 3.07. The Morgan fingerprint density at radius 1 is 1.00 bits per heavy atom. The largest absolute Gasteiger partial charge is 0.338 e. The maximum absolute atomic E-state index is 12.4. The minimum atomic E-state index is 0.0153. The molecule has 19 heavy (non-hydrogen) atoms. The fraction of sp³-hybridized carbons (Fsp3) is 0.400. The van der Waals surface area contributed by atoms with Crippen LogP contribution < -0.4 is 0 Å². The van der Waals surface area contributed by atoms with Crippen molar-refractivity contribution in [3.05, 3.63) is 45.0 Å². The van der Waals surface area contributed by atoms with E-state index < -0.39 is 0 Å². The van der Waals surface area contributed by atoms with Crippen LogP contribution in [0.15, 0.2) is 29.3 Å². The van der Waals surface area contributed by atoms with E-state index in [9.17, 15) is 4.79 Å². The van der Waals surface area contributed by atoms with Gasteiger partial charge in [-0.2, -0.15) is 0 Å². The molecule has 0 unspecified atom stereocenters. The van der Waals surface area contributed by atoms with Gasteiger partial charge in [-0.1, -0.05) is 34.3 Å². The zero-order valence-corrected chi connectivity index (χ0v) is 12.1. The molecular formula is C15H15Cl2NO. The summed E-state index contributed by atoms with van der Waals surface area (Å²) in [6.07, 6.45) is 4.58. The highest BCUT2D eigenvalue weighted by atomic mass is 35.5. The number of halogens is 2. The van der Waals surface area contributed by atoms with Crippen LogP contribution in [0.1, 0.15) is 36.0 Å². The zero-order chi connectivity index (χ0) is 13.4. The number of rotatable bonds is 1. The first-order valence-corrected chi connectivity index (χ1v) is 7.35. The van der Waals surface area contributed by atoms with Crippen LogP contribution in [0.3, 0.4) is 0 Å². The van der Waals surface area contributed by atoms with E-state index >= 15 is 0 Å². The van der Waals surface area contributed by atoms with Gasteiger partial charge in [0.15, 0.2) is 0 Å². The summed E-state index contributed by atoms with van der Waals surface area (Å²) < 4.78 is 0. The number of benzene rings is 1. The van der Waals surface area contributed by atoms with Crippen LogP contribution in [0.4, 0.5) is 0 Å². The van der Waals surface area contributed by atoms with Crippen molar-refractivity contribution in [2.24, 2.45) is 0 Å². The van der Waals surface area contributed by atoms with Crippen LogP contribution in [0.25, 0.3) is 0 Å². The lowest BCUT2D eigenvalue weighted by Gasteiger charge is -2.29. The molecule has 1 aromatic rings. The van der Waals surface area contributed by atoms with E-state index in [-0.39, 0.29) is 5.91 Å². The zero-order valence-electron chi connectivity index (χ0n) is 10.6. The van der Waals surface area contributed by atoms with Crippen LogP contribution in [0.5, 0.6) is 0 Å². The number of hydrogen-bond donors (Lipinski definition) is 0. The fourth-order valence-electron chi connectivity index (χ4n) is 2.58. The number of amides is 1. The minimum Gasteiger partial charge on any atom is -0.338 e. The van der Waals surface area contributed by atoms with E-state index in [0.717, 1.165) is 25.9 Å². The van der Waals surface area contributed by atoms with Crippen LogP contribution in [0, 0.1) is 0 Å². The van der Waals surface area contributed by atoms with Gasteiger partial charge in [-0.15, -0.1) is 0 Å². The summed E-state index contributed by atoms with van der Waals surface area (Å²) in [5, 5.41) is 0.991. The molecule has 0 N–H and O–H groups in total. The number of carbonyl (C=O) groups is 1. The highest BCUT2D eigenvalue weighted by Gasteiger charge is 2.25. The standard InChI is InChI=1S/C15H15Cl2NO/c16-12-3-4-13(14(17)9-12)15(19)18-7-5-11(6-8-18)10-1-2-10/h3-4,9H,1-2,5-8H2. The molecule has 0 atom stereocenters. The molecule has 0 bridgehead atoms. The Labute approximate surface area is 123 Å². The van der Waals surface area contributed by atoms with Gasteiger partial charge in [0, 0.05) is 18.1 Å². The Morgan fingerprint density at radius 3 is 2.21 bits per heavy atom. The van der Waals surface area contributed by atoms with Crippen LogP contribution in [0.2, 0.25) is 10.0 Å². The first-order chi connectivity index (χ1) is 9.15. The normalized spacial score (nSPS) is 18.7. The number of nitrogens with zero attached hydrogens (tertiary/aromatic N) is 1. The van der Waals surface area contributed by atoms with Gasteiger partial charge in [-0.3, -0.25) is 4.79 Å². The van der Waals surface area contributed by atoms with Crippen molar-refractivity contribution in [2.45, 2.75) is 25.7 Å². The second-order valence-corrected chi connectivity index (χ2v) is 5.97. The summed E-state index contributed by atoms with van der Waals surface area (Å²) in [6, 6.07) is 5.04. The topological polar surface area (TPSA) is 20.3 Å². The Kier molecular flexibility index (Phi) is 3.55. The number of likely N-dealkylation sites (tertiary alicyclic amines) is 1. The van der Waals surface area contributed by atoms with Crippen molar-refractivity contribution < 1.29 is 4.79 Å². The number of hydrogen-bond acceptors (Lipinski definition) is 1. The molecule has 1 heterocycles. The quantitative estimate of drug-likeness (QED) is 0.707. The van der Waals surface area contributed by atoms with Gasteiger partial charge >= 0.3 is 0 Å². The first kappa shape index (κ1) is 13.0. The molecular weight excluding hydrogens is 281 g/mol. The molecule has 2 aliphatic rings. The van der Waals surface area contributed by atoms with Crippen molar-refractivity contribution >= 4 is 29.1 Å². The lowest BCUT2D eigenvalue weighted by Crippen LogP contribution is -2.36. The van der Waals surface area contributed by atoms with E-state index in [1.165, 1.54) is 12.8 Å². The second kappa shape index (κ2) is 5.18. The van der Waals surface area contributed by atoms with Crippen molar-refractivity contribution in [3.63, 3.8) is 0 Å². The maximum atomic E-state index is 12.4. The summed E-state index contributed by atoms with van der Waals surface area (Å²) >= 11 is 11.9. The summed E-state index contributed by atoms with van der Waals surface area (Å²) in [5.41, 5.74) is 3.75. The van der Waals surface area contributed by atoms with E-state index in [1.54, 1.807) is 29.3 Å². The van der Waals surface area contributed by atoms with Gasteiger partial charge < -0.3 is 4.90 Å². The molecule has 2 nitrogen and oxygen atoms in total. The molecule has 0 radical (unpaired) electrons. The van der Waals surface area contributed by atoms with Crippen molar-refractivity contribution in [3.8, 4) is 0 Å². The van der Waals surface area contributed by atoms with Crippen LogP contribution in [-0.2, 0) is 0 Å². The molecule has 1 saturated carbocycles. The lowest BCUT2D eigenvalue weighted by molar-refractivity contribution is 0.0743. The molecule has 1 aliphatic heterocycles. The minimum absolute atomic E-state index is 0.0153. The van der Waals surface area contributed by atoms with Crippen LogP contribution >= 0.6 is 23.2 Å². The molecule has 1 aromatic carbocycles. The molecule has 2 fully saturated rings. The van der Waals surface area contributed by atoms with E-state index in [0.29, 0.717) is 15.6 Å². The molecule has 0 spiro atoms. The summed E-state index contributed by atoms with van der Waals surface area (Å²) in [4.78, 5) is 14.3. The second-order valence-electron chi connectivity index (χ2n) is 5.12. The summed E-state index contributed by atoms with van der Waals surface area (Å²) in [7, 11) is 0. The van der Waals surface area contributed by atoms with Gasteiger partial charge in [-0.05, 0) is 43.9 Å². The highest BCUT2D eigenvalue weighted by Crippen LogP contribution is 2.36. The van der Waals surface area contributed by atoms with E-state index in [4.69, 9.17) is 23.2 Å². The predicted molar refractivity (Wildman–Crippen MR) is 77.9 cm³/mol. The third-order valence-corrected chi connectivity index (χ3v) is 4.36. The predicted octanol–water partition coefficient (Wildman–Crippen LogP) is 4.32. The average molecular weight is 296 g/mol. The Bertz CT molecular complexity index is 549. The third kappa shape index (κ3) is 2.80. The summed E-state index contributed by atoms with van der Waals surface area (Å²) in [6.45, 7) is 1.60. The molecule has 1 amide bonds. The van der Waals surface area contributed by atoms with Crippen molar-refractivity contribution in [1.29, 1.82) is 0 Å². The Hall–Kier alpha value is -0.990. The van der Waals surface area contributed by atoms with Gasteiger partial charge in [0.2, 0.25) is 0 Å². The highest BCUT2D eigenvalue weighted by molar-refractivity contribution is 6.36.